The Balaban J connectivity index is 0.000000461. The fourth-order valence-electron chi connectivity index (χ4n) is 1.26. The maximum Gasteiger partial charge on any atom is 0.153 e. The van der Waals surface area contributed by atoms with E-state index in [0.29, 0.717) is 5.82 Å². The van der Waals surface area contributed by atoms with Gasteiger partial charge in [-0.2, -0.15) is 5.10 Å². The van der Waals surface area contributed by atoms with Crippen LogP contribution in [-0.4, -0.2) is 9.78 Å². The van der Waals surface area contributed by atoms with Crippen molar-refractivity contribution in [2.75, 3.05) is 5.73 Å². The molecule has 2 aromatic rings. The summed E-state index contributed by atoms with van der Waals surface area (Å²) in [5.74, 6) is 0.583. The van der Waals surface area contributed by atoms with Gasteiger partial charge in [0.1, 0.15) is 0 Å². The first-order valence-corrected chi connectivity index (χ1v) is 5.35. The van der Waals surface area contributed by atoms with Gasteiger partial charge < -0.3 is 5.73 Å². The molecule has 0 saturated heterocycles. The third-order valence-electron chi connectivity index (χ3n) is 1.84. The average Bonchev–Trinajstić information content (AvgIpc) is 2.46. The molecule has 0 aliphatic rings. The van der Waals surface area contributed by atoms with Gasteiger partial charge in [0.05, 0.1) is 5.52 Å². The highest BCUT2D eigenvalue weighted by Gasteiger charge is 2.04. The van der Waals surface area contributed by atoms with Crippen LogP contribution in [0.2, 0.25) is 0 Å². The molecule has 0 saturated carbocycles. The molecule has 0 fully saturated rings. The summed E-state index contributed by atoms with van der Waals surface area (Å²) in [6.45, 7) is 4.00. The smallest absolute Gasteiger partial charge is 0.153 e. The van der Waals surface area contributed by atoms with Gasteiger partial charge in [0, 0.05) is 16.9 Å². The molecule has 1 aromatic carbocycles. The Kier molecular flexibility index (Phi) is 3.52. The SMILES string of the molecule is CC.Cn1nc(N)c2ccc(Br)cc21. The van der Waals surface area contributed by atoms with Crippen LogP contribution in [0.4, 0.5) is 5.82 Å². The molecule has 14 heavy (non-hydrogen) atoms. The molecule has 76 valence electrons. The minimum atomic E-state index is 0.583. The Morgan fingerprint density at radius 2 is 2.00 bits per heavy atom. The Labute approximate surface area is 92.0 Å². The minimum absolute atomic E-state index is 0.583. The number of hydrogen-bond acceptors (Lipinski definition) is 2. The molecule has 0 aliphatic heterocycles. The van der Waals surface area contributed by atoms with Gasteiger partial charge in [-0.3, -0.25) is 4.68 Å². The molecular weight excluding hydrogens is 242 g/mol. The van der Waals surface area contributed by atoms with E-state index in [9.17, 15) is 0 Å². The molecule has 0 spiro atoms. The van der Waals surface area contributed by atoms with Crippen molar-refractivity contribution in [1.29, 1.82) is 0 Å². The summed E-state index contributed by atoms with van der Waals surface area (Å²) in [6.07, 6.45) is 0. The van der Waals surface area contributed by atoms with Crippen LogP contribution in [0, 0.1) is 0 Å². The normalized spacial score (nSPS) is 9.71. The van der Waals surface area contributed by atoms with Crippen molar-refractivity contribution >= 4 is 32.7 Å². The van der Waals surface area contributed by atoms with Crippen molar-refractivity contribution in [3.8, 4) is 0 Å². The number of hydrogen-bond donors (Lipinski definition) is 1. The van der Waals surface area contributed by atoms with Gasteiger partial charge in [0.2, 0.25) is 0 Å². The minimum Gasteiger partial charge on any atom is -0.382 e. The largest absolute Gasteiger partial charge is 0.382 e. The lowest BCUT2D eigenvalue weighted by atomic mass is 10.2. The summed E-state index contributed by atoms with van der Waals surface area (Å²) in [6, 6.07) is 5.92. The Bertz CT molecular complexity index is 434. The number of anilines is 1. The molecule has 0 bridgehead atoms. The van der Waals surface area contributed by atoms with Crippen LogP contribution in [0.15, 0.2) is 22.7 Å². The quantitative estimate of drug-likeness (QED) is 0.787. The van der Waals surface area contributed by atoms with Crippen molar-refractivity contribution in [3.63, 3.8) is 0 Å². The molecule has 2 rings (SSSR count). The highest BCUT2D eigenvalue weighted by molar-refractivity contribution is 9.10. The Hall–Kier alpha value is -1.03. The molecule has 3 nitrogen and oxygen atoms in total. The number of rotatable bonds is 0. The number of nitrogen functional groups attached to an aromatic ring is 1. The van der Waals surface area contributed by atoms with Gasteiger partial charge in [0.15, 0.2) is 5.82 Å². The lowest BCUT2D eigenvalue weighted by Crippen LogP contribution is -1.91. The number of aromatic nitrogens is 2. The predicted octanol–water partition coefficient (Wildman–Crippen LogP) is 2.94. The van der Waals surface area contributed by atoms with Crippen LogP contribution in [0.25, 0.3) is 10.9 Å². The van der Waals surface area contributed by atoms with E-state index in [1.165, 1.54) is 0 Å². The molecule has 0 aliphatic carbocycles. The average molecular weight is 256 g/mol. The zero-order valence-corrected chi connectivity index (χ0v) is 10.2. The van der Waals surface area contributed by atoms with Gasteiger partial charge >= 0.3 is 0 Å². The summed E-state index contributed by atoms with van der Waals surface area (Å²) < 4.78 is 2.81. The molecule has 0 unspecified atom stereocenters. The van der Waals surface area contributed by atoms with Crippen LogP contribution < -0.4 is 5.73 Å². The number of fused-ring (bicyclic) bond motifs is 1. The maximum absolute atomic E-state index is 5.68. The summed E-state index contributed by atoms with van der Waals surface area (Å²) in [5, 5.41) is 5.11. The predicted molar refractivity (Wildman–Crippen MR) is 64.2 cm³/mol. The highest BCUT2D eigenvalue weighted by atomic mass is 79.9. The van der Waals surface area contributed by atoms with E-state index in [0.717, 1.165) is 15.4 Å². The number of nitrogens with zero attached hydrogens (tertiary/aromatic N) is 2. The topological polar surface area (TPSA) is 43.8 Å². The standard InChI is InChI=1S/C8H8BrN3.C2H6/c1-12-7-4-5(9)2-3-6(7)8(10)11-12;1-2/h2-4H,1H3,(H2,10,11);1-2H3. The van der Waals surface area contributed by atoms with Gasteiger partial charge in [-0.25, -0.2) is 0 Å². The monoisotopic (exact) mass is 255 g/mol. The zero-order chi connectivity index (χ0) is 10.7. The first-order valence-electron chi connectivity index (χ1n) is 4.56. The summed E-state index contributed by atoms with van der Waals surface area (Å²) in [7, 11) is 1.88. The number of aryl methyl sites for hydroxylation is 1. The second-order valence-corrected chi connectivity index (χ2v) is 3.59. The molecular formula is C10H14BrN3. The van der Waals surface area contributed by atoms with E-state index in [2.05, 4.69) is 21.0 Å². The third kappa shape index (κ3) is 1.90. The molecule has 1 heterocycles. The fourth-order valence-corrected chi connectivity index (χ4v) is 1.61. The Morgan fingerprint density at radius 1 is 1.36 bits per heavy atom. The van der Waals surface area contributed by atoms with Crippen LogP contribution in [0.1, 0.15) is 13.8 Å². The van der Waals surface area contributed by atoms with Crippen LogP contribution in [0.3, 0.4) is 0 Å². The third-order valence-corrected chi connectivity index (χ3v) is 2.34. The van der Waals surface area contributed by atoms with Gasteiger partial charge in [-0.1, -0.05) is 29.8 Å². The van der Waals surface area contributed by atoms with E-state index in [-0.39, 0.29) is 0 Å². The van der Waals surface area contributed by atoms with E-state index in [1.54, 1.807) is 4.68 Å². The lowest BCUT2D eigenvalue weighted by molar-refractivity contribution is 0.802. The molecule has 0 atom stereocenters. The van der Waals surface area contributed by atoms with E-state index in [1.807, 2.05) is 39.1 Å². The van der Waals surface area contributed by atoms with Crippen molar-refractivity contribution < 1.29 is 0 Å². The molecule has 0 amide bonds. The maximum atomic E-state index is 5.68. The molecule has 1 aromatic heterocycles. The fraction of sp³-hybridized carbons (Fsp3) is 0.300. The summed E-state index contributed by atoms with van der Waals surface area (Å²) in [5.41, 5.74) is 6.72. The second kappa shape index (κ2) is 4.46. The van der Waals surface area contributed by atoms with Crippen LogP contribution >= 0.6 is 15.9 Å². The van der Waals surface area contributed by atoms with Crippen LogP contribution in [0.5, 0.6) is 0 Å². The van der Waals surface area contributed by atoms with Gasteiger partial charge in [0.25, 0.3) is 0 Å². The second-order valence-electron chi connectivity index (χ2n) is 2.67. The van der Waals surface area contributed by atoms with Gasteiger partial charge in [-0.15, -0.1) is 0 Å². The summed E-state index contributed by atoms with van der Waals surface area (Å²) in [4.78, 5) is 0. The van der Waals surface area contributed by atoms with Gasteiger partial charge in [-0.05, 0) is 18.2 Å². The first kappa shape index (κ1) is 11.0. The van der Waals surface area contributed by atoms with Crippen LogP contribution in [-0.2, 0) is 7.05 Å². The number of halogens is 1. The zero-order valence-electron chi connectivity index (χ0n) is 8.58. The van der Waals surface area contributed by atoms with E-state index in [4.69, 9.17) is 5.73 Å². The lowest BCUT2D eigenvalue weighted by Gasteiger charge is -1.93. The van der Waals surface area contributed by atoms with Crippen molar-refractivity contribution in [2.24, 2.45) is 7.05 Å². The highest BCUT2D eigenvalue weighted by Crippen LogP contribution is 2.23. The van der Waals surface area contributed by atoms with E-state index >= 15 is 0 Å². The molecule has 2 N–H and O–H groups in total. The first-order chi connectivity index (χ1) is 6.68. The molecule has 4 heteroatoms. The number of nitrogens with two attached hydrogens (primary N) is 1. The van der Waals surface area contributed by atoms with Crippen molar-refractivity contribution in [2.45, 2.75) is 13.8 Å². The van der Waals surface area contributed by atoms with Crippen molar-refractivity contribution in [3.05, 3.63) is 22.7 Å². The molecule has 0 radical (unpaired) electrons. The Morgan fingerprint density at radius 3 is 2.64 bits per heavy atom. The van der Waals surface area contributed by atoms with Crippen molar-refractivity contribution in [1.82, 2.24) is 9.78 Å². The van der Waals surface area contributed by atoms with E-state index < -0.39 is 0 Å². The number of benzene rings is 1. The summed E-state index contributed by atoms with van der Waals surface area (Å²) >= 11 is 3.39.